The highest BCUT2D eigenvalue weighted by Crippen LogP contribution is 2.19. The summed E-state index contributed by atoms with van der Waals surface area (Å²) in [6.45, 7) is 2.61. The van der Waals surface area contributed by atoms with Crippen LogP contribution in [0.2, 0.25) is 0 Å². The molecule has 0 aliphatic rings. The second-order valence-electron chi connectivity index (χ2n) is 4.93. The average Bonchev–Trinajstić information content (AvgIpc) is 2.60. The number of hydrogen-bond acceptors (Lipinski definition) is 4. The van der Waals surface area contributed by atoms with E-state index in [4.69, 9.17) is 15.2 Å². The maximum absolute atomic E-state index is 5.97. The Morgan fingerprint density at radius 3 is 2.39 bits per heavy atom. The molecule has 0 saturated heterocycles. The molecule has 0 heterocycles. The van der Waals surface area contributed by atoms with Gasteiger partial charge in [-0.15, -0.1) is 0 Å². The van der Waals surface area contributed by atoms with Crippen LogP contribution in [-0.4, -0.2) is 24.6 Å². The minimum absolute atomic E-state index is 0.0613. The molecule has 0 fully saturated rings. The Morgan fingerprint density at radius 2 is 1.74 bits per heavy atom. The third kappa shape index (κ3) is 5.87. The predicted octanol–water partition coefficient (Wildman–Crippen LogP) is 3.88. The molecule has 2 rings (SSSR count). The largest absolute Gasteiger partial charge is 0.497 e. The molecule has 0 aromatic heterocycles. The smallest absolute Gasteiger partial charge is 0.154 e. The van der Waals surface area contributed by atoms with Crippen molar-refractivity contribution in [1.29, 1.82) is 0 Å². The monoisotopic (exact) mass is 330 g/mol. The van der Waals surface area contributed by atoms with Crippen molar-refractivity contribution in [2.45, 2.75) is 13.0 Å². The SMILES string of the molecule is COc1ccc(OCCSC(N)=N[C@@H](C)c2ccccc2)cc1. The molecule has 2 aromatic rings. The maximum Gasteiger partial charge on any atom is 0.154 e. The zero-order chi connectivity index (χ0) is 16.5. The molecule has 4 nitrogen and oxygen atoms in total. The number of thioether (sulfide) groups is 1. The van der Waals surface area contributed by atoms with E-state index in [2.05, 4.69) is 17.1 Å². The Hall–Kier alpha value is -2.14. The highest BCUT2D eigenvalue weighted by Gasteiger charge is 2.04. The topological polar surface area (TPSA) is 56.8 Å². The lowest BCUT2D eigenvalue weighted by atomic mass is 10.1. The third-order valence-corrected chi connectivity index (χ3v) is 4.04. The molecule has 0 saturated carbocycles. The molecule has 0 bridgehead atoms. The van der Waals surface area contributed by atoms with E-state index >= 15 is 0 Å². The van der Waals surface area contributed by atoms with Crippen molar-refractivity contribution >= 4 is 16.9 Å². The molecule has 2 N–H and O–H groups in total. The van der Waals surface area contributed by atoms with Gasteiger partial charge in [-0.1, -0.05) is 42.1 Å². The zero-order valence-corrected chi connectivity index (χ0v) is 14.3. The quantitative estimate of drug-likeness (QED) is 0.475. The lowest BCUT2D eigenvalue weighted by molar-refractivity contribution is 0.343. The lowest BCUT2D eigenvalue weighted by Gasteiger charge is -2.09. The van der Waals surface area contributed by atoms with E-state index < -0.39 is 0 Å². The van der Waals surface area contributed by atoms with Gasteiger partial charge in [0.15, 0.2) is 5.17 Å². The number of hydrogen-bond donors (Lipinski definition) is 1. The Kier molecular flexibility index (Phi) is 6.81. The maximum atomic E-state index is 5.97. The van der Waals surface area contributed by atoms with Gasteiger partial charge in [0.25, 0.3) is 0 Å². The second kappa shape index (κ2) is 9.10. The number of rotatable bonds is 7. The summed E-state index contributed by atoms with van der Waals surface area (Å²) in [5.41, 5.74) is 7.13. The van der Waals surface area contributed by atoms with Crippen LogP contribution < -0.4 is 15.2 Å². The number of ether oxygens (including phenoxy) is 2. The van der Waals surface area contributed by atoms with Crippen LogP contribution in [0.3, 0.4) is 0 Å². The fourth-order valence-electron chi connectivity index (χ4n) is 2.01. The molecule has 0 unspecified atom stereocenters. The van der Waals surface area contributed by atoms with Gasteiger partial charge in [0.2, 0.25) is 0 Å². The van der Waals surface area contributed by atoms with Crippen LogP contribution in [0.4, 0.5) is 0 Å². The first-order valence-corrected chi connectivity index (χ1v) is 8.45. The average molecular weight is 330 g/mol. The summed E-state index contributed by atoms with van der Waals surface area (Å²) in [6.07, 6.45) is 0. The van der Waals surface area contributed by atoms with Crippen molar-refractivity contribution in [3.63, 3.8) is 0 Å². The molecule has 0 aliphatic carbocycles. The van der Waals surface area contributed by atoms with Gasteiger partial charge >= 0.3 is 0 Å². The van der Waals surface area contributed by atoms with Gasteiger partial charge < -0.3 is 15.2 Å². The van der Waals surface area contributed by atoms with E-state index in [1.807, 2.05) is 49.4 Å². The van der Waals surface area contributed by atoms with Gasteiger partial charge in [-0.2, -0.15) is 0 Å². The molecule has 0 aliphatic heterocycles. The van der Waals surface area contributed by atoms with E-state index in [1.165, 1.54) is 11.8 Å². The molecule has 2 aromatic carbocycles. The van der Waals surface area contributed by atoms with Crippen molar-refractivity contribution in [3.8, 4) is 11.5 Å². The summed E-state index contributed by atoms with van der Waals surface area (Å²) in [5.74, 6) is 2.39. The summed E-state index contributed by atoms with van der Waals surface area (Å²) in [4.78, 5) is 4.50. The fourth-order valence-corrected chi connectivity index (χ4v) is 2.62. The Morgan fingerprint density at radius 1 is 1.09 bits per heavy atom. The number of amidine groups is 1. The number of methoxy groups -OCH3 is 1. The van der Waals surface area contributed by atoms with Gasteiger partial charge in [-0.3, -0.25) is 4.99 Å². The highest BCUT2D eigenvalue weighted by atomic mass is 32.2. The molecule has 0 amide bonds. The van der Waals surface area contributed by atoms with Crippen molar-refractivity contribution < 1.29 is 9.47 Å². The van der Waals surface area contributed by atoms with E-state index in [0.717, 1.165) is 22.8 Å². The fraction of sp³-hybridized carbons (Fsp3) is 0.278. The summed E-state index contributed by atoms with van der Waals surface area (Å²) in [5, 5.41) is 0.583. The van der Waals surface area contributed by atoms with Crippen LogP contribution in [0.15, 0.2) is 59.6 Å². The van der Waals surface area contributed by atoms with Crippen LogP contribution in [0.5, 0.6) is 11.5 Å². The molecule has 122 valence electrons. The minimum Gasteiger partial charge on any atom is -0.497 e. The first kappa shape index (κ1) is 17.2. The number of nitrogens with zero attached hydrogens (tertiary/aromatic N) is 1. The number of aliphatic imine (C=N–C) groups is 1. The molecule has 23 heavy (non-hydrogen) atoms. The van der Waals surface area contributed by atoms with Crippen LogP contribution in [0, 0.1) is 0 Å². The molecule has 0 radical (unpaired) electrons. The number of nitrogens with two attached hydrogens (primary N) is 1. The van der Waals surface area contributed by atoms with Crippen molar-refractivity contribution in [3.05, 3.63) is 60.2 Å². The number of benzene rings is 2. The first-order valence-electron chi connectivity index (χ1n) is 7.47. The van der Waals surface area contributed by atoms with Crippen molar-refractivity contribution in [2.24, 2.45) is 10.7 Å². The first-order chi connectivity index (χ1) is 11.2. The van der Waals surface area contributed by atoms with Gasteiger partial charge in [0, 0.05) is 5.75 Å². The van der Waals surface area contributed by atoms with E-state index in [0.29, 0.717) is 11.8 Å². The van der Waals surface area contributed by atoms with E-state index in [-0.39, 0.29) is 6.04 Å². The van der Waals surface area contributed by atoms with Crippen molar-refractivity contribution in [1.82, 2.24) is 0 Å². The van der Waals surface area contributed by atoms with Crippen molar-refractivity contribution in [2.75, 3.05) is 19.5 Å². The summed E-state index contributed by atoms with van der Waals surface area (Å²) in [6, 6.07) is 17.7. The molecule has 1 atom stereocenters. The van der Waals surface area contributed by atoms with Gasteiger partial charge in [0.1, 0.15) is 11.5 Å². The minimum atomic E-state index is 0.0613. The van der Waals surface area contributed by atoms with E-state index in [1.54, 1.807) is 7.11 Å². The molecule has 5 heteroatoms. The summed E-state index contributed by atoms with van der Waals surface area (Å²) >= 11 is 1.50. The van der Waals surface area contributed by atoms with E-state index in [9.17, 15) is 0 Å². The zero-order valence-electron chi connectivity index (χ0n) is 13.4. The van der Waals surface area contributed by atoms with Gasteiger partial charge in [-0.05, 0) is 36.8 Å². The van der Waals surface area contributed by atoms with Crippen LogP contribution in [0.25, 0.3) is 0 Å². The summed E-state index contributed by atoms with van der Waals surface area (Å²) < 4.78 is 10.8. The van der Waals surface area contributed by atoms with Gasteiger partial charge in [-0.25, -0.2) is 0 Å². The highest BCUT2D eigenvalue weighted by molar-refractivity contribution is 8.13. The van der Waals surface area contributed by atoms with Crippen LogP contribution >= 0.6 is 11.8 Å². The Bertz CT molecular complexity index is 615. The predicted molar refractivity (Wildman–Crippen MR) is 97.4 cm³/mol. The normalized spacial score (nSPS) is 12.7. The second-order valence-corrected chi connectivity index (χ2v) is 6.04. The Balaban J connectivity index is 1.73. The third-order valence-electron chi connectivity index (χ3n) is 3.26. The van der Waals surface area contributed by atoms with Gasteiger partial charge in [0.05, 0.1) is 19.8 Å². The molecular formula is C18H22N2O2S. The Labute approximate surface area is 141 Å². The van der Waals surface area contributed by atoms with Crippen LogP contribution in [-0.2, 0) is 0 Å². The van der Waals surface area contributed by atoms with Crippen LogP contribution in [0.1, 0.15) is 18.5 Å². The standard InChI is InChI=1S/C18H22N2O2S/c1-14(15-6-4-3-5-7-15)20-18(19)23-13-12-22-17-10-8-16(21-2)9-11-17/h3-11,14H,12-13H2,1-2H3,(H2,19,20)/t14-/m0/s1. The molecular weight excluding hydrogens is 308 g/mol. The molecule has 0 spiro atoms. The lowest BCUT2D eigenvalue weighted by Crippen LogP contribution is -2.12. The summed E-state index contributed by atoms with van der Waals surface area (Å²) in [7, 11) is 1.64.